The lowest BCUT2D eigenvalue weighted by atomic mass is 10.6. The van der Waals surface area contributed by atoms with Gasteiger partial charge >= 0.3 is 0 Å². The molecular formula is C6H6N2OS. The first-order chi connectivity index (χ1) is 4.83. The summed E-state index contributed by atoms with van der Waals surface area (Å²) >= 11 is 1.38. The molecule has 3 nitrogen and oxygen atoms in total. The van der Waals surface area contributed by atoms with Crippen molar-refractivity contribution in [2.45, 2.75) is 0 Å². The van der Waals surface area contributed by atoms with Crippen LogP contribution in [0.2, 0.25) is 0 Å². The Kier molecular flexibility index (Phi) is 2.17. The molecule has 1 rings (SSSR count). The van der Waals surface area contributed by atoms with Gasteiger partial charge in [-0.3, -0.25) is 10.1 Å². The van der Waals surface area contributed by atoms with E-state index in [1.54, 1.807) is 11.6 Å². The summed E-state index contributed by atoms with van der Waals surface area (Å²) in [5, 5.41) is 4.91. The second-order valence-electron chi connectivity index (χ2n) is 1.53. The Bertz CT molecular complexity index is 230. The first-order valence-electron chi connectivity index (χ1n) is 2.66. The molecule has 0 atom stereocenters. The van der Waals surface area contributed by atoms with E-state index < -0.39 is 0 Å². The minimum absolute atomic E-state index is 0.227. The van der Waals surface area contributed by atoms with Crippen molar-refractivity contribution >= 4 is 22.4 Å². The van der Waals surface area contributed by atoms with Crippen molar-refractivity contribution in [2.75, 3.05) is 5.32 Å². The normalized spacial score (nSPS) is 8.80. The lowest BCUT2D eigenvalue weighted by molar-refractivity contribution is -0.111. The first kappa shape index (κ1) is 6.95. The summed E-state index contributed by atoms with van der Waals surface area (Å²) in [6.07, 6.45) is 2.84. The highest BCUT2D eigenvalue weighted by Gasteiger charge is 1.96. The van der Waals surface area contributed by atoms with Crippen LogP contribution in [0.5, 0.6) is 0 Å². The zero-order valence-corrected chi connectivity index (χ0v) is 6.02. The van der Waals surface area contributed by atoms with E-state index in [0.717, 1.165) is 0 Å². The molecule has 0 aromatic carbocycles. The van der Waals surface area contributed by atoms with Crippen LogP contribution in [0.3, 0.4) is 0 Å². The van der Waals surface area contributed by atoms with Crippen LogP contribution in [0.4, 0.5) is 5.13 Å². The summed E-state index contributed by atoms with van der Waals surface area (Å²) in [6, 6.07) is 0. The number of carbonyl (C=O) groups excluding carboxylic acids is 1. The van der Waals surface area contributed by atoms with E-state index in [9.17, 15) is 4.79 Å². The van der Waals surface area contributed by atoms with Crippen molar-refractivity contribution in [2.24, 2.45) is 0 Å². The average molecular weight is 154 g/mol. The largest absolute Gasteiger partial charge is 0.298 e. The number of amides is 1. The van der Waals surface area contributed by atoms with Gasteiger partial charge in [0.25, 0.3) is 0 Å². The molecule has 0 aliphatic heterocycles. The molecular weight excluding hydrogens is 148 g/mol. The predicted octanol–water partition coefficient (Wildman–Crippen LogP) is 1.27. The van der Waals surface area contributed by atoms with Crippen LogP contribution in [-0.4, -0.2) is 10.9 Å². The zero-order chi connectivity index (χ0) is 7.40. The van der Waals surface area contributed by atoms with Crippen molar-refractivity contribution in [1.82, 2.24) is 4.98 Å². The summed E-state index contributed by atoms with van der Waals surface area (Å²) in [6.45, 7) is 3.31. The van der Waals surface area contributed by atoms with Crippen molar-refractivity contribution in [3.8, 4) is 0 Å². The van der Waals surface area contributed by atoms with Gasteiger partial charge in [-0.25, -0.2) is 4.98 Å². The highest BCUT2D eigenvalue weighted by Crippen LogP contribution is 2.09. The Hall–Kier alpha value is -1.16. The molecule has 4 heteroatoms. The number of aromatic nitrogens is 1. The smallest absolute Gasteiger partial charge is 0.249 e. The molecule has 1 N–H and O–H groups in total. The number of hydrogen-bond acceptors (Lipinski definition) is 3. The fourth-order valence-electron chi connectivity index (χ4n) is 0.442. The van der Waals surface area contributed by atoms with Gasteiger partial charge in [-0.1, -0.05) is 6.58 Å². The number of anilines is 1. The van der Waals surface area contributed by atoms with E-state index in [1.165, 1.54) is 17.4 Å². The first-order valence-corrected chi connectivity index (χ1v) is 3.54. The topological polar surface area (TPSA) is 42.0 Å². The van der Waals surface area contributed by atoms with Crippen molar-refractivity contribution in [3.63, 3.8) is 0 Å². The summed E-state index contributed by atoms with van der Waals surface area (Å²) in [4.78, 5) is 14.5. The number of nitrogens with zero attached hydrogens (tertiary/aromatic N) is 1. The maximum atomic E-state index is 10.6. The Balaban J connectivity index is 2.56. The fraction of sp³-hybridized carbons (Fsp3) is 0. The van der Waals surface area contributed by atoms with Crippen LogP contribution in [0.15, 0.2) is 24.2 Å². The van der Waals surface area contributed by atoms with Crippen LogP contribution in [-0.2, 0) is 4.79 Å². The quantitative estimate of drug-likeness (QED) is 0.652. The summed E-state index contributed by atoms with van der Waals surface area (Å²) < 4.78 is 0. The van der Waals surface area contributed by atoms with E-state index >= 15 is 0 Å². The van der Waals surface area contributed by atoms with Gasteiger partial charge in [-0.05, 0) is 6.08 Å². The number of rotatable bonds is 2. The molecule has 0 aliphatic carbocycles. The summed E-state index contributed by atoms with van der Waals surface area (Å²) in [5.41, 5.74) is 0. The molecule has 1 heterocycles. The van der Waals surface area contributed by atoms with Crippen molar-refractivity contribution < 1.29 is 4.79 Å². The molecule has 1 aromatic heterocycles. The van der Waals surface area contributed by atoms with Crippen LogP contribution in [0.25, 0.3) is 0 Å². The molecule has 10 heavy (non-hydrogen) atoms. The standard InChI is InChI=1S/C6H6N2OS/c1-2-5(9)8-6-7-3-4-10-6/h2-4H,1H2,(H,7,8,9). The molecule has 1 aromatic rings. The molecule has 0 aliphatic rings. The maximum Gasteiger partial charge on any atom is 0.249 e. The fourth-order valence-corrected chi connectivity index (χ4v) is 0.973. The molecule has 52 valence electrons. The lowest BCUT2D eigenvalue weighted by Gasteiger charge is -1.92. The SMILES string of the molecule is C=CC(=O)Nc1nccs1. The molecule has 0 spiro atoms. The van der Waals surface area contributed by atoms with Crippen LogP contribution in [0.1, 0.15) is 0 Å². The van der Waals surface area contributed by atoms with Gasteiger partial charge in [0.15, 0.2) is 5.13 Å². The van der Waals surface area contributed by atoms with E-state index in [0.29, 0.717) is 5.13 Å². The minimum Gasteiger partial charge on any atom is -0.298 e. The molecule has 0 bridgehead atoms. The summed E-state index contributed by atoms with van der Waals surface area (Å²) in [5.74, 6) is -0.227. The van der Waals surface area contributed by atoms with Gasteiger partial charge in [-0.2, -0.15) is 0 Å². The molecule has 0 saturated carbocycles. The van der Waals surface area contributed by atoms with Gasteiger partial charge in [0, 0.05) is 11.6 Å². The van der Waals surface area contributed by atoms with E-state index in [1.807, 2.05) is 0 Å². The molecule has 1 amide bonds. The van der Waals surface area contributed by atoms with Gasteiger partial charge < -0.3 is 0 Å². The van der Waals surface area contributed by atoms with Gasteiger partial charge in [0.1, 0.15) is 0 Å². The van der Waals surface area contributed by atoms with Crippen LogP contribution >= 0.6 is 11.3 Å². The van der Waals surface area contributed by atoms with Gasteiger partial charge in [-0.15, -0.1) is 11.3 Å². The Morgan fingerprint density at radius 2 is 2.70 bits per heavy atom. The monoisotopic (exact) mass is 154 g/mol. The summed E-state index contributed by atoms with van der Waals surface area (Å²) in [7, 11) is 0. The third-order valence-corrected chi connectivity index (χ3v) is 1.54. The molecule has 0 radical (unpaired) electrons. The minimum atomic E-state index is -0.227. The third-order valence-electron chi connectivity index (χ3n) is 0.848. The number of hydrogen-bond donors (Lipinski definition) is 1. The average Bonchev–Trinajstić information content (AvgIpc) is 2.40. The van der Waals surface area contributed by atoms with Gasteiger partial charge in [0.2, 0.25) is 5.91 Å². The van der Waals surface area contributed by atoms with Crippen LogP contribution in [0, 0.1) is 0 Å². The van der Waals surface area contributed by atoms with E-state index in [4.69, 9.17) is 0 Å². The number of nitrogens with one attached hydrogen (secondary N) is 1. The van der Waals surface area contributed by atoms with Crippen molar-refractivity contribution in [1.29, 1.82) is 0 Å². The molecule has 0 fully saturated rings. The van der Waals surface area contributed by atoms with Crippen LogP contribution < -0.4 is 5.32 Å². The van der Waals surface area contributed by atoms with E-state index in [2.05, 4.69) is 16.9 Å². The third kappa shape index (κ3) is 1.66. The predicted molar refractivity (Wildman–Crippen MR) is 40.9 cm³/mol. The zero-order valence-electron chi connectivity index (χ0n) is 5.20. The Morgan fingerprint density at radius 1 is 1.90 bits per heavy atom. The second kappa shape index (κ2) is 3.12. The molecule has 0 unspecified atom stereocenters. The number of thiazole rings is 1. The highest BCUT2D eigenvalue weighted by molar-refractivity contribution is 7.13. The highest BCUT2D eigenvalue weighted by atomic mass is 32.1. The van der Waals surface area contributed by atoms with Crippen molar-refractivity contribution in [3.05, 3.63) is 24.2 Å². The second-order valence-corrected chi connectivity index (χ2v) is 2.43. The van der Waals surface area contributed by atoms with Gasteiger partial charge in [0.05, 0.1) is 0 Å². The maximum absolute atomic E-state index is 10.6. The number of carbonyl (C=O) groups is 1. The lowest BCUT2D eigenvalue weighted by Crippen LogP contribution is -2.06. The molecule has 0 saturated heterocycles. The Morgan fingerprint density at radius 3 is 3.20 bits per heavy atom. The Labute approximate surface area is 62.4 Å². The van der Waals surface area contributed by atoms with E-state index in [-0.39, 0.29) is 5.91 Å².